The molecule has 0 heterocycles. The molecular weight excluding hydrogens is 550 g/mol. The van der Waals surface area contributed by atoms with Gasteiger partial charge in [0, 0.05) is 6.54 Å². The van der Waals surface area contributed by atoms with Crippen LogP contribution in [0.2, 0.25) is 0 Å². The monoisotopic (exact) mass is 591 g/mol. The van der Waals surface area contributed by atoms with Crippen LogP contribution in [0, 0.1) is 5.92 Å². The van der Waals surface area contributed by atoms with Gasteiger partial charge in [0.25, 0.3) is 0 Å². The Labute approximate surface area is 235 Å². The predicted octanol–water partition coefficient (Wildman–Crippen LogP) is -6.86. The van der Waals surface area contributed by atoms with Crippen LogP contribution in [-0.4, -0.2) is 125 Å². The van der Waals surface area contributed by atoms with Crippen molar-refractivity contribution in [3.05, 3.63) is 0 Å². The van der Waals surface area contributed by atoms with Gasteiger partial charge in [-0.1, -0.05) is 13.8 Å². The highest BCUT2D eigenvalue weighted by Crippen LogP contribution is 2.03. The second-order valence-corrected chi connectivity index (χ2v) is 9.13. The van der Waals surface area contributed by atoms with Crippen molar-refractivity contribution < 1.29 is 49.2 Å². The van der Waals surface area contributed by atoms with Gasteiger partial charge in [-0.15, -0.1) is 0 Å². The molecule has 0 saturated carbocycles. The number of carbonyl (C=O) groups excluding carboxylic acids is 5. The summed E-state index contributed by atoms with van der Waals surface area (Å²) in [5.41, 5.74) is 16.2. The maximum atomic E-state index is 12.7. The minimum atomic E-state index is -1.60. The van der Waals surface area contributed by atoms with E-state index in [1.807, 2.05) is 5.32 Å². The molecule has 0 aromatic rings. The number of nitrogens with zero attached hydrogens (tertiary/aromatic N) is 1. The number of aliphatic carboxylic acids is 1. The van der Waals surface area contributed by atoms with Crippen LogP contribution < -0.4 is 43.8 Å². The summed E-state index contributed by atoms with van der Waals surface area (Å²) < 4.78 is 0. The number of aliphatic imine (C=N–C) groups is 1. The molecule has 0 spiro atoms. The summed E-state index contributed by atoms with van der Waals surface area (Å²) in [5.74, 6) is -6.70. The van der Waals surface area contributed by atoms with Crippen LogP contribution in [0.3, 0.4) is 0 Å². The van der Waals surface area contributed by atoms with Gasteiger partial charge in [-0.25, -0.2) is 4.79 Å². The zero-order valence-corrected chi connectivity index (χ0v) is 22.8. The Kier molecular flexibility index (Phi) is 17.2. The van der Waals surface area contributed by atoms with Gasteiger partial charge in [0.1, 0.15) is 24.2 Å². The van der Waals surface area contributed by atoms with Crippen LogP contribution >= 0.6 is 0 Å². The molecule has 0 aliphatic rings. The van der Waals surface area contributed by atoms with Gasteiger partial charge in [0.05, 0.1) is 32.4 Å². The van der Waals surface area contributed by atoms with Gasteiger partial charge in [0.15, 0.2) is 5.96 Å². The van der Waals surface area contributed by atoms with Gasteiger partial charge in [-0.3, -0.25) is 29.0 Å². The van der Waals surface area contributed by atoms with Crippen LogP contribution in [0.5, 0.6) is 0 Å². The molecule has 0 fully saturated rings. The summed E-state index contributed by atoms with van der Waals surface area (Å²) in [4.78, 5) is 76.7. The van der Waals surface area contributed by atoms with E-state index in [9.17, 15) is 39.0 Å². The molecule has 19 heteroatoms. The van der Waals surface area contributed by atoms with Crippen molar-refractivity contribution in [2.75, 3.05) is 32.9 Å². The van der Waals surface area contributed by atoms with Crippen molar-refractivity contribution in [3.63, 3.8) is 0 Å². The predicted molar refractivity (Wildman–Crippen MR) is 142 cm³/mol. The van der Waals surface area contributed by atoms with Crippen molar-refractivity contribution in [3.8, 4) is 0 Å². The van der Waals surface area contributed by atoms with E-state index >= 15 is 0 Å². The smallest absolute Gasteiger partial charge is 0.328 e. The fourth-order valence-corrected chi connectivity index (χ4v) is 3.09. The van der Waals surface area contributed by atoms with Crippen molar-refractivity contribution in [2.45, 2.75) is 56.9 Å². The van der Waals surface area contributed by atoms with E-state index in [1.165, 1.54) is 0 Å². The van der Waals surface area contributed by atoms with E-state index in [0.717, 1.165) is 0 Å². The lowest BCUT2D eigenvalue weighted by Gasteiger charge is -2.26. The second kappa shape index (κ2) is 19.1. The third-order valence-electron chi connectivity index (χ3n) is 5.42. The van der Waals surface area contributed by atoms with Crippen LogP contribution in [-0.2, 0) is 28.8 Å². The number of hydrogen-bond donors (Lipinski definition) is 12. The van der Waals surface area contributed by atoms with Crippen molar-refractivity contribution >= 4 is 41.5 Å². The molecule has 234 valence electrons. The number of nitrogens with two attached hydrogens (primary N) is 3. The standard InChI is InChI=1S/C22H41N9O10/c1-10(2)16(20(39)27-6-15(35)28-14(9-34)21(40)41)31-19(38)13(8-33)30-18(37)12(7-32)29-17(36)11(23)4-3-5-26-22(24)25/h10-14,16,32-34H,3-9,23H2,1-2H3,(H,27,39)(H,28,35)(H,29,36)(H,30,37)(H,31,38)(H,40,41)(H4,24,25,26)/t11-,12-,13-,14-,16-/m0/s1. The van der Waals surface area contributed by atoms with E-state index in [0.29, 0.717) is 6.42 Å². The lowest BCUT2D eigenvalue weighted by atomic mass is 10.0. The Balaban J connectivity index is 5.10. The van der Waals surface area contributed by atoms with Gasteiger partial charge in [0.2, 0.25) is 29.5 Å². The van der Waals surface area contributed by atoms with E-state index in [1.54, 1.807) is 13.8 Å². The number of rotatable bonds is 19. The molecule has 0 rings (SSSR count). The molecule has 0 aromatic heterocycles. The summed E-state index contributed by atoms with van der Waals surface area (Å²) in [6.07, 6.45) is 0.516. The highest BCUT2D eigenvalue weighted by atomic mass is 16.4. The molecule has 0 radical (unpaired) electrons. The first-order valence-electron chi connectivity index (χ1n) is 12.5. The fraction of sp³-hybridized carbons (Fsp3) is 0.682. The molecule has 0 aromatic carbocycles. The third kappa shape index (κ3) is 14.2. The molecule has 15 N–H and O–H groups in total. The molecule has 0 aliphatic carbocycles. The quantitative estimate of drug-likeness (QED) is 0.0378. The topological polar surface area (TPSA) is 334 Å². The number of carbonyl (C=O) groups is 6. The lowest BCUT2D eigenvalue weighted by molar-refractivity contribution is -0.142. The molecule has 19 nitrogen and oxygen atoms in total. The number of nitrogens with one attached hydrogen (secondary N) is 5. The molecule has 0 saturated heterocycles. The summed E-state index contributed by atoms with van der Waals surface area (Å²) >= 11 is 0. The summed E-state index contributed by atoms with van der Waals surface area (Å²) in [7, 11) is 0. The average molecular weight is 592 g/mol. The highest BCUT2D eigenvalue weighted by Gasteiger charge is 2.31. The maximum Gasteiger partial charge on any atom is 0.328 e. The lowest BCUT2D eigenvalue weighted by Crippen LogP contribution is -2.60. The van der Waals surface area contributed by atoms with Crippen molar-refractivity contribution in [2.24, 2.45) is 28.1 Å². The SMILES string of the molecule is CC(C)[C@H](NC(=O)[C@H](CO)NC(=O)[C@H](CO)NC(=O)[C@@H](N)CCCN=C(N)N)C(=O)NCC(=O)N[C@@H](CO)C(=O)O. The molecule has 0 bridgehead atoms. The van der Waals surface area contributed by atoms with Crippen LogP contribution in [0.25, 0.3) is 0 Å². The Hall–Kier alpha value is -4.07. The van der Waals surface area contributed by atoms with Gasteiger partial charge in [-0.2, -0.15) is 0 Å². The first-order valence-corrected chi connectivity index (χ1v) is 12.5. The maximum absolute atomic E-state index is 12.7. The van der Waals surface area contributed by atoms with Crippen molar-refractivity contribution in [1.82, 2.24) is 26.6 Å². The number of carboxylic acids is 1. The summed E-state index contributed by atoms with van der Waals surface area (Å²) in [6.45, 7) is 0.00958. The number of amides is 5. The Morgan fingerprint density at radius 1 is 0.756 bits per heavy atom. The molecule has 41 heavy (non-hydrogen) atoms. The van der Waals surface area contributed by atoms with Gasteiger partial charge in [-0.05, 0) is 18.8 Å². The third-order valence-corrected chi connectivity index (χ3v) is 5.42. The Morgan fingerprint density at radius 3 is 1.73 bits per heavy atom. The van der Waals surface area contributed by atoms with Crippen LogP contribution in [0.1, 0.15) is 26.7 Å². The van der Waals surface area contributed by atoms with E-state index in [-0.39, 0.29) is 18.9 Å². The van der Waals surface area contributed by atoms with Gasteiger partial charge < -0.3 is 64.2 Å². The Bertz CT molecular complexity index is 943. The largest absolute Gasteiger partial charge is 0.480 e. The zero-order valence-electron chi connectivity index (χ0n) is 22.8. The first kappa shape index (κ1) is 36.9. The minimum Gasteiger partial charge on any atom is -0.480 e. The summed E-state index contributed by atoms with van der Waals surface area (Å²) in [5, 5.41) is 48.0. The number of hydrogen-bond acceptors (Lipinski definition) is 11. The number of carboxylic acid groups (broad SMARTS) is 1. The van der Waals surface area contributed by atoms with Crippen molar-refractivity contribution in [1.29, 1.82) is 0 Å². The normalized spacial score (nSPS) is 14.4. The van der Waals surface area contributed by atoms with E-state index in [2.05, 4.69) is 26.3 Å². The van der Waals surface area contributed by atoms with E-state index in [4.69, 9.17) is 27.4 Å². The van der Waals surface area contributed by atoms with E-state index < -0.39 is 98.0 Å². The molecule has 0 unspecified atom stereocenters. The van der Waals surface area contributed by atoms with Gasteiger partial charge >= 0.3 is 5.97 Å². The number of aliphatic hydroxyl groups is 3. The first-order chi connectivity index (χ1) is 19.2. The average Bonchev–Trinajstić information content (AvgIpc) is 2.91. The number of guanidine groups is 1. The molecular formula is C22H41N9O10. The fourth-order valence-electron chi connectivity index (χ4n) is 3.09. The Morgan fingerprint density at radius 2 is 1.27 bits per heavy atom. The zero-order chi connectivity index (χ0) is 31.7. The second-order valence-electron chi connectivity index (χ2n) is 9.13. The highest BCUT2D eigenvalue weighted by molar-refractivity contribution is 5.95. The number of aliphatic hydroxyl groups excluding tert-OH is 3. The molecule has 5 atom stereocenters. The summed E-state index contributed by atoms with van der Waals surface area (Å²) in [6, 6.07) is -7.01. The van der Waals surface area contributed by atoms with Crippen LogP contribution in [0.15, 0.2) is 4.99 Å². The molecule has 5 amide bonds. The molecule has 0 aliphatic heterocycles. The minimum absolute atomic E-state index is 0.125. The van der Waals surface area contributed by atoms with Crippen LogP contribution in [0.4, 0.5) is 0 Å².